The van der Waals surface area contributed by atoms with E-state index in [4.69, 9.17) is 9.15 Å². The SMILES string of the molecule is COC(=O)c1cn([C@@H]2C[C@@H](C(=O)NCCc3ccc(F)cc3)N(C/C=C/c3ccco3)C2)nn1. The largest absolute Gasteiger partial charge is 0.465 e. The number of rotatable bonds is 9. The molecule has 34 heavy (non-hydrogen) atoms. The maximum atomic E-state index is 13.1. The highest BCUT2D eigenvalue weighted by Crippen LogP contribution is 2.27. The number of halogens is 1. The number of aromatic nitrogens is 3. The molecule has 1 aliphatic rings. The van der Waals surface area contributed by atoms with E-state index in [0.717, 1.165) is 11.3 Å². The second kappa shape index (κ2) is 10.9. The number of carbonyl (C=O) groups excluding carboxylic acids is 2. The Hall–Kier alpha value is -3.79. The summed E-state index contributed by atoms with van der Waals surface area (Å²) in [6, 6.07) is 9.39. The number of likely N-dealkylation sites (tertiary alicyclic amines) is 1. The number of nitrogens with zero attached hydrogens (tertiary/aromatic N) is 4. The van der Waals surface area contributed by atoms with Crippen molar-refractivity contribution < 1.29 is 23.1 Å². The van der Waals surface area contributed by atoms with Gasteiger partial charge >= 0.3 is 5.97 Å². The number of nitrogens with one attached hydrogen (secondary N) is 1. The van der Waals surface area contributed by atoms with Crippen LogP contribution in [0.25, 0.3) is 6.08 Å². The van der Waals surface area contributed by atoms with Gasteiger partial charge in [-0.3, -0.25) is 9.69 Å². The molecule has 178 valence electrons. The summed E-state index contributed by atoms with van der Waals surface area (Å²) in [4.78, 5) is 26.8. The van der Waals surface area contributed by atoms with Gasteiger partial charge in [-0.15, -0.1) is 5.10 Å². The van der Waals surface area contributed by atoms with Gasteiger partial charge in [0, 0.05) is 19.6 Å². The third-order valence-corrected chi connectivity index (χ3v) is 5.75. The molecule has 0 radical (unpaired) electrons. The lowest BCUT2D eigenvalue weighted by atomic mass is 10.1. The molecule has 0 unspecified atom stereocenters. The molecule has 3 aromatic rings. The molecule has 2 atom stereocenters. The number of esters is 1. The van der Waals surface area contributed by atoms with Gasteiger partial charge in [0.1, 0.15) is 11.6 Å². The molecule has 1 aliphatic heterocycles. The summed E-state index contributed by atoms with van der Waals surface area (Å²) in [5.74, 6) is -0.205. The van der Waals surface area contributed by atoms with E-state index in [0.29, 0.717) is 32.5 Å². The second-order valence-electron chi connectivity index (χ2n) is 8.02. The molecule has 4 rings (SSSR count). The van der Waals surface area contributed by atoms with Crippen molar-refractivity contribution in [3.8, 4) is 0 Å². The Morgan fingerprint density at radius 1 is 1.29 bits per heavy atom. The third kappa shape index (κ3) is 5.76. The zero-order chi connectivity index (χ0) is 23.9. The number of benzene rings is 1. The van der Waals surface area contributed by atoms with E-state index in [9.17, 15) is 14.0 Å². The van der Waals surface area contributed by atoms with Crippen molar-refractivity contribution in [1.82, 2.24) is 25.2 Å². The van der Waals surface area contributed by atoms with Crippen molar-refractivity contribution in [2.24, 2.45) is 0 Å². The Morgan fingerprint density at radius 3 is 2.85 bits per heavy atom. The van der Waals surface area contributed by atoms with Gasteiger partial charge in [-0.1, -0.05) is 23.4 Å². The highest BCUT2D eigenvalue weighted by molar-refractivity contribution is 5.86. The smallest absolute Gasteiger partial charge is 0.360 e. The Balaban J connectivity index is 1.41. The van der Waals surface area contributed by atoms with Crippen LogP contribution in [-0.2, 0) is 16.0 Å². The molecule has 1 N–H and O–H groups in total. The van der Waals surface area contributed by atoms with Crippen LogP contribution in [0.4, 0.5) is 4.39 Å². The van der Waals surface area contributed by atoms with Gasteiger partial charge in [-0.25, -0.2) is 13.9 Å². The standard InChI is InChI=1S/C24H26FN5O4/c1-33-24(32)21-16-30(28-27-21)19-14-22(29(15-19)12-2-4-20-5-3-13-34-20)23(31)26-11-10-17-6-8-18(25)9-7-17/h2-9,13,16,19,22H,10-12,14-15H2,1H3,(H,26,31)/b4-2+/t19-,22+/m1/s1. The maximum absolute atomic E-state index is 13.1. The Kier molecular flexibility index (Phi) is 7.48. The molecule has 0 bridgehead atoms. The van der Waals surface area contributed by atoms with Gasteiger partial charge in [-0.05, 0) is 48.7 Å². The van der Waals surface area contributed by atoms with E-state index in [1.807, 2.05) is 24.3 Å². The Labute approximate surface area is 196 Å². The summed E-state index contributed by atoms with van der Waals surface area (Å²) < 4.78 is 24.7. The minimum Gasteiger partial charge on any atom is -0.465 e. The van der Waals surface area contributed by atoms with Gasteiger partial charge in [0.2, 0.25) is 5.91 Å². The van der Waals surface area contributed by atoms with Crippen LogP contribution in [0.15, 0.2) is 59.4 Å². The molecule has 10 heteroatoms. The fraction of sp³-hybridized carbons (Fsp3) is 0.333. The molecule has 1 saturated heterocycles. The number of carbonyl (C=O) groups is 2. The molecule has 3 heterocycles. The van der Waals surface area contributed by atoms with Gasteiger partial charge < -0.3 is 14.5 Å². The number of amides is 1. The fourth-order valence-electron chi connectivity index (χ4n) is 3.99. The molecule has 1 aromatic carbocycles. The first kappa shape index (κ1) is 23.4. The summed E-state index contributed by atoms with van der Waals surface area (Å²) in [6.07, 6.45) is 8.07. The minimum absolute atomic E-state index is 0.0932. The van der Waals surface area contributed by atoms with E-state index in [-0.39, 0.29) is 29.5 Å². The lowest BCUT2D eigenvalue weighted by Crippen LogP contribution is -2.43. The van der Waals surface area contributed by atoms with Gasteiger partial charge in [0.25, 0.3) is 0 Å². The molecule has 0 saturated carbocycles. The van der Waals surface area contributed by atoms with Gasteiger partial charge in [-0.2, -0.15) is 0 Å². The van der Waals surface area contributed by atoms with Gasteiger partial charge in [0.15, 0.2) is 5.69 Å². The minimum atomic E-state index is -0.558. The molecule has 0 spiro atoms. The Morgan fingerprint density at radius 2 is 2.12 bits per heavy atom. The van der Waals surface area contributed by atoms with Crippen LogP contribution < -0.4 is 5.32 Å². The zero-order valence-corrected chi connectivity index (χ0v) is 18.8. The van der Waals surface area contributed by atoms with Crippen LogP contribution >= 0.6 is 0 Å². The average Bonchev–Trinajstić information content (AvgIpc) is 3.61. The van der Waals surface area contributed by atoms with Crippen LogP contribution in [0.3, 0.4) is 0 Å². The van der Waals surface area contributed by atoms with E-state index in [2.05, 4.69) is 20.5 Å². The number of hydrogen-bond acceptors (Lipinski definition) is 7. The van der Waals surface area contributed by atoms with Crippen LogP contribution in [0, 0.1) is 5.82 Å². The molecular formula is C24H26FN5O4. The Bertz CT molecular complexity index is 1130. The zero-order valence-electron chi connectivity index (χ0n) is 18.8. The number of methoxy groups -OCH3 is 1. The topological polar surface area (TPSA) is 102 Å². The third-order valence-electron chi connectivity index (χ3n) is 5.75. The van der Waals surface area contributed by atoms with Crippen LogP contribution in [0.1, 0.15) is 34.3 Å². The maximum Gasteiger partial charge on any atom is 0.360 e. The summed E-state index contributed by atoms with van der Waals surface area (Å²) in [7, 11) is 1.29. The summed E-state index contributed by atoms with van der Waals surface area (Å²) in [5.41, 5.74) is 1.07. The van der Waals surface area contributed by atoms with E-state index in [1.54, 1.807) is 29.3 Å². The van der Waals surface area contributed by atoms with Crippen molar-refractivity contribution in [2.75, 3.05) is 26.7 Å². The summed E-state index contributed by atoms with van der Waals surface area (Å²) >= 11 is 0. The van der Waals surface area contributed by atoms with Crippen molar-refractivity contribution in [1.29, 1.82) is 0 Å². The fourth-order valence-corrected chi connectivity index (χ4v) is 3.99. The van der Waals surface area contributed by atoms with Crippen LogP contribution in [0.5, 0.6) is 0 Å². The first-order valence-corrected chi connectivity index (χ1v) is 11.0. The quantitative estimate of drug-likeness (QED) is 0.483. The molecule has 1 amide bonds. The van der Waals surface area contributed by atoms with Crippen molar-refractivity contribution in [3.05, 3.63) is 77.8 Å². The van der Waals surface area contributed by atoms with E-state index in [1.165, 1.54) is 19.2 Å². The van der Waals surface area contributed by atoms with Crippen molar-refractivity contribution in [3.63, 3.8) is 0 Å². The second-order valence-corrected chi connectivity index (χ2v) is 8.02. The summed E-state index contributed by atoms with van der Waals surface area (Å²) in [5, 5.41) is 10.9. The van der Waals surface area contributed by atoms with E-state index >= 15 is 0 Å². The van der Waals surface area contributed by atoms with Crippen molar-refractivity contribution in [2.45, 2.75) is 24.9 Å². The predicted molar refractivity (Wildman–Crippen MR) is 121 cm³/mol. The monoisotopic (exact) mass is 467 g/mol. The van der Waals surface area contributed by atoms with Crippen LogP contribution in [-0.4, -0.2) is 64.6 Å². The van der Waals surface area contributed by atoms with Crippen LogP contribution in [0.2, 0.25) is 0 Å². The number of furan rings is 1. The number of ether oxygens (including phenoxy) is 1. The molecule has 1 fully saturated rings. The van der Waals surface area contributed by atoms with E-state index < -0.39 is 5.97 Å². The predicted octanol–water partition coefficient (Wildman–Crippen LogP) is 2.48. The lowest BCUT2D eigenvalue weighted by Gasteiger charge is -2.21. The van der Waals surface area contributed by atoms with Crippen molar-refractivity contribution >= 4 is 18.0 Å². The summed E-state index contributed by atoms with van der Waals surface area (Å²) in [6.45, 7) is 1.53. The average molecular weight is 468 g/mol. The molecular weight excluding hydrogens is 441 g/mol. The molecule has 9 nitrogen and oxygen atoms in total. The number of hydrogen-bond donors (Lipinski definition) is 1. The highest BCUT2D eigenvalue weighted by atomic mass is 19.1. The molecule has 0 aliphatic carbocycles. The van der Waals surface area contributed by atoms with Gasteiger partial charge in [0.05, 0.1) is 31.7 Å². The first-order chi connectivity index (χ1) is 16.5. The lowest BCUT2D eigenvalue weighted by molar-refractivity contribution is -0.125. The first-order valence-electron chi connectivity index (χ1n) is 11.0. The normalized spacial score (nSPS) is 18.4. The molecule has 2 aromatic heterocycles. The highest BCUT2D eigenvalue weighted by Gasteiger charge is 2.37.